The first-order chi connectivity index (χ1) is 8.20. The number of aryl methyl sites for hydroxylation is 2. The minimum absolute atomic E-state index is 0.708. The van der Waals surface area contributed by atoms with Crippen LogP contribution in [0, 0.1) is 13.8 Å². The van der Waals surface area contributed by atoms with Crippen LogP contribution in [0.1, 0.15) is 36.0 Å². The average Bonchev–Trinajstić information content (AvgIpc) is 2.72. The molecule has 0 aliphatic carbocycles. The lowest BCUT2D eigenvalue weighted by molar-refractivity contribution is 0.236. The van der Waals surface area contributed by atoms with Crippen molar-refractivity contribution in [2.45, 2.75) is 45.7 Å². The Morgan fingerprint density at radius 3 is 2.94 bits per heavy atom. The Hall–Kier alpha value is -0.860. The summed E-state index contributed by atoms with van der Waals surface area (Å²) in [4.78, 5) is 2.61. The number of hydrogen-bond donors (Lipinski definition) is 1. The molecule has 0 spiro atoms. The molecule has 1 aliphatic rings. The van der Waals surface area contributed by atoms with E-state index in [1.165, 1.54) is 36.1 Å². The quantitative estimate of drug-likeness (QED) is 0.864. The maximum atomic E-state index is 5.69. The van der Waals surface area contributed by atoms with Gasteiger partial charge in [-0.25, -0.2) is 0 Å². The normalized spacial score (nSPS) is 21.0. The van der Waals surface area contributed by atoms with Crippen LogP contribution in [0.5, 0.6) is 0 Å². The van der Waals surface area contributed by atoms with Crippen LogP contribution in [-0.2, 0) is 6.54 Å². The number of nitrogens with zero attached hydrogens (tertiary/aromatic N) is 1. The van der Waals surface area contributed by atoms with Crippen molar-refractivity contribution in [3.8, 4) is 0 Å². The van der Waals surface area contributed by atoms with E-state index >= 15 is 0 Å². The summed E-state index contributed by atoms with van der Waals surface area (Å²) in [5.41, 5.74) is 9.94. The summed E-state index contributed by atoms with van der Waals surface area (Å²) in [7, 11) is 0. The van der Waals surface area contributed by atoms with Gasteiger partial charge in [0.1, 0.15) is 0 Å². The lowest BCUT2D eigenvalue weighted by atomic mass is 10.0. The van der Waals surface area contributed by atoms with Crippen molar-refractivity contribution in [1.29, 1.82) is 0 Å². The Kier molecular flexibility index (Phi) is 4.19. The Labute approximate surface area is 105 Å². The number of nitrogens with two attached hydrogens (primary N) is 1. The van der Waals surface area contributed by atoms with Gasteiger partial charge in [-0.1, -0.05) is 23.8 Å². The van der Waals surface area contributed by atoms with Crippen LogP contribution in [0.15, 0.2) is 18.2 Å². The van der Waals surface area contributed by atoms with Gasteiger partial charge in [0, 0.05) is 12.6 Å². The maximum absolute atomic E-state index is 5.69. The standard InChI is InChI=1S/C15H24N2/c1-12-5-6-13(2)14(10-12)11-17-9-3-4-15(17)7-8-16/h5-6,10,15H,3-4,7-9,11,16H2,1-2H3. The molecule has 1 atom stereocenters. The monoisotopic (exact) mass is 232 g/mol. The smallest absolute Gasteiger partial charge is 0.0239 e. The lowest BCUT2D eigenvalue weighted by Gasteiger charge is -2.25. The number of rotatable bonds is 4. The van der Waals surface area contributed by atoms with Gasteiger partial charge in [-0.3, -0.25) is 4.90 Å². The Bertz CT molecular complexity index is 373. The lowest BCUT2D eigenvalue weighted by Crippen LogP contribution is -2.31. The number of hydrogen-bond acceptors (Lipinski definition) is 2. The zero-order valence-corrected chi connectivity index (χ0v) is 11.1. The fourth-order valence-electron chi connectivity index (χ4n) is 2.81. The van der Waals surface area contributed by atoms with Crippen molar-refractivity contribution in [2.75, 3.05) is 13.1 Å². The van der Waals surface area contributed by atoms with E-state index in [1.807, 2.05) is 0 Å². The van der Waals surface area contributed by atoms with E-state index in [9.17, 15) is 0 Å². The Morgan fingerprint density at radius 1 is 1.35 bits per heavy atom. The molecule has 94 valence electrons. The molecule has 1 aliphatic heterocycles. The summed E-state index contributed by atoms with van der Waals surface area (Å²) in [6.07, 6.45) is 3.79. The highest BCUT2D eigenvalue weighted by Gasteiger charge is 2.23. The van der Waals surface area contributed by atoms with E-state index < -0.39 is 0 Å². The molecular weight excluding hydrogens is 208 g/mol. The van der Waals surface area contributed by atoms with Gasteiger partial charge in [0.15, 0.2) is 0 Å². The molecule has 1 aromatic rings. The van der Waals surface area contributed by atoms with Gasteiger partial charge < -0.3 is 5.73 Å². The van der Waals surface area contributed by atoms with Crippen molar-refractivity contribution >= 4 is 0 Å². The molecule has 17 heavy (non-hydrogen) atoms. The van der Waals surface area contributed by atoms with Crippen LogP contribution < -0.4 is 5.73 Å². The van der Waals surface area contributed by atoms with Gasteiger partial charge in [0.05, 0.1) is 0 Å². The Morgan fingerprint density at radius 2 is 2.18 bits per heavy atom. The summed E-state index contributed by atoms with van der Waals surface area (Å²) in [6.45, 7) is 7.53. The van der Waals surface area contributed by atoms with Gasteiger partial charge in [-0.05, 0) is 57.3 Å². The zero-order chi connectivity index (χ0) is 12.3. The molecule has 1 fully saturated rings. The van der Waals surface area contributed by atoms with Crippen molar-refractivity contribution in [3.63, 3.8) is 0 Å². The minimum atomic E-state index is 0.708. The second kappa shape index (κ2) is 5.65. The highest BCUT2D eigenvalue weighted by atomic mass is 15.2. The molecule has 2 rings (SSSR count). The summed E-state index contributed by atoms with van der Waals surface area (Å²) in [5.74, 6) is 0. The third kappa shape index (κ3) is 3.08. The first-order valence-corrected chi connectivity index (χ1v) is 6.71. The van der Waals surface area contributed by atoms with Crippen LogP contribution in [0.3, 0.4) is 0 Å². The van der Waals surface area contributed by atoms with Crippen molar-refractivity contribution < 1.29 is 0 Å². The van der Waals surface area contributed by atoms with Crippen LogP contribution in [0.2, 0.25) is 0 Å². The van der Waals surface area contributed by atoms with Crippen LogP contribution in [0.25, 0.3) is 0 Å². The summed E-state index contributed by atoms with van der Waals surface area (Å²) in [5, 5.41) is 0. The van der Waals surface area contributed by atoms with E-state index in [0.29, 0.717) is 6.04 Å². The third-order valence-electron chi connectivity index (χ3n) is 3.88. The first kappa shape index (κ1) is 12.6. The fourth-order valence-corrected chi connectivity index (χ4v) is 2.81. The summed E-state index contributed by atoms with van der Waals surface area (Å²) >= 11 is 0. The molecule has 0 amide bonds. The highest BCUT2D eigenvalue weighted by molar-refractivity contribution is 5.30. The molecule has 2 nitrogen and oxygen atoms in total. The molecule has 0 bridgehead atoms. The molecular formula is C15H24N2. The fraction of sp³-hybridized carbons (Fsp3) is 0.600. The highest BCUT2D eigenvalue weighted by Crippen LogP contribution is 2.23. The topological polar surface area (TPSA) is 29.3 Å². The maximum Gasteiger partial charge on any atom is 0.0239 e. The van der Waals surface area contributed by atoms with E-state index in [0.717, 1.165) is 19.5 Å². The average molecular weight is 232 g/mol. The van der Waals surface area contributed by atoms with Crippen LogP contribution in [-0.4, -0.2) is 24.0 Å². The van der Waals surface area contributed by atoms with Crippen molar-refractivity contribution in [1.82, 2.24) is 4.90 Å². The minimum Gasteiger partial charge on any atom is -0.330 e. The number of likely N-dealkylation sites (tertiary alicyclic amines) is 1. The largest absolute Gasteiger partial charge is 0.330 e. The van der Waals surface area contributed by atoms with E-state index in [4.69, 9.17) is 5.73 Å². The van der Waals surface area contributed by atoms with Crippen molar-refractivity contribution in [2.24, 2.45) is 5.73 Å². The van der Waals surface area contributed by atoms with Gasteiger partial charge >= 0.3 is 0 Å². The molecule has 1 saturated heterocycles. The van der Waals surface area contributed by atoms with Crippen molar-refractivity contribution in [3.05, 3.63) is 34.9 Å². The predicted molar refractivity (Wildman–Crippen MR) is 73.0 cm³/mol. The molecule has 0 aromatic heterocycles. The van der Waals surface area contributed by atoms with Gasteiger partial charge in [-0.2, -0.15) is 0 Å². The van der Waals surface area contributed by atoms with Gasteiger partial charge in [-0.15, -0.1) is 0 Å². The van der Waals surface area contributed by atoms with Crippen LogP contribution >= 0.6 is 0 Å². The molecule has 1 aromatic carbocycles. The predicted octanol–water partition coefficient (Wildman–Crippen LogP) is 2.62. The van der Waals surface area contributed by atoms with E-state index in [1.54, 1.807) is 0 Å². The summed E-state index contributed by atoms with van der Waals surface area (Å²) in [6, 6.07) is 7.46. The molecule has 2 N–H and O–H groups in total. The molecule has 0 radical (unpaired) electrons. The molecule has 1 heterocycles. The third-order valence-corrected chi connectivity index (χ3v) is 3.88. The second-order valence-corrected chi connectivity index (χ2v) is 5.27. The second-order valence-electron chi connectivity index (χ2n) is 5.27. The van der Waals surface area contributed by atoms with E-state index in [2.05, 4.69) is 36.9 Å². The van der Waals surface area contributed by atoms with Crippen LogP contribution in [0.4, 0.5) is 0 Å². The first-order valence-electron chi connectivity index (χ1n) is 6.71. The van der Waals surface area contributed by atoms with Gasteiger partial charge in [0.25, 0.3) is 0 Å². The number of benzene rings is 1. The molecule has 2 heteroatoms. The van der Waals surface area contributed by atoms with Gasteiger partial charge in [0.2, 0.25) is 0 Å². The SMILES string of the molecule is Cc1ccc(C)c(CN2CCCC2CCN)c1. The summed E-state index contributed by atoms with van der Waals surface area (Å²) < 4.78 is 0. The molecule has 1 unspecified atom stereocenters. The molecule has 0 saturated carbocycles. The van der Waals surface area contributed by atoms with E-state index in [-0.39, 0.29) is 0 Å². The Balaban J connectivity index is 2.06. The zero-order valence-electron chi connectivity index (χ0n) is 11.1.